The van der Waals surface area contributed by atoms with E-state index in [1.165, 1.54) is 6.20 Å². The summed E-state index contributed by atoms with van der Waals surface area (Å²) in [7, 11) is 0. The highest BCUT2D eigenvalue weighted by atomic mass is 19.4. The number of aromatic nitrogens is 1. The smallest absolute Gasteiger partial charge is 0.357 e. The topological polar surface area (TPSA) is 45.2 Å². The molecule has 1 amide bonds. The van der Waals surface area contributed by atoms with Gasteiger partial charge >= 0.3 is 6.18 Å². The van der Waals surface area contributed by atoms with Crippen LogP contribution in [-0.4, -0.2) is 24.0 Å². The van der Waals surface area contributed by atoms with E-state index in [0.29, 0.717) is 11.9 Å². The summed E-state index contributed by atoms with van der Waals surface area (Å²) in [6.45, 7) is 5.12. The number of nitrogens with zero attached hydrogens (tertiary/aromatic N) is 2. The first-order valence-electron chi connectivity index (χ1n) is 8.11. The maximum atomic E-state index is 13.1. The van der Waals surface area contributed by atoms with Crippen LogP contribution in [0.1, 0.15) is 35.3 Å². The van der Waals surface area contributed by atoms with Crippen molar-refractivity contribution in [1.82, 2.24) is 10.3 Å². The van der Waals surface area contributed by atoms with E-state index in [4.69, 9.17) is 0 Å². The van der Waals surface area contributed by atoms with Gasteiger partial charge in [0.1, 0.15) is 11.6 Å². The molecule has 1 aromatic heterocycles. The Labute approximate surface area is 148 Å². The minimum Gasteiger partial charge on any atom is -0.357 e. The lowest BCUT2D eigenvalue weighted by molar-refractivity contribution is -0.138. The number of hydrogen-bond acceptors (Lipinski definition) is 3. The molecule has 0 aliphatic rings. The van der Waals surface area contributed by atoms with E-state index in [0.717, 1.165) is 25.2 Å². The van der Waals surface area contributed by atoms with Crippen molar-refractivity contribution in [2.24, 2.45) is 0 Å². The molecular weight excluding hydrogens is 350 g/mol. The quantitative estimate of drug-likeness (QED) is 0.783. The molecule has 0 saturated carbocycles. The average molecular weight is 369 g/mol. The van der Waals surface area contributed by atoms with Crippen molar-refractivity contribution < 1.29 is 22.4 Å². The number of pyridine rings is 1. The number of amides is 1. The van der Waals surface area contributed by atoms with Gasteiger partial charge in [0.25, 0.3) is 5.91 Å². The summed E-state index contributed by atoms with van der Waals surface area (Å²) in [5.74, 6) is -0.825. The van der Waals surface area contributed by atoms with Crippen molar-refractivity contribution in [1.29, 1.82) is 0 Å². The number of benzene rings is 1. The van der Waals surface area contributed by atoms with Gasteiger partial charge in [0.05, 0.1) is 11.1 Å². The van der Waals surface area contributed by atoms with Crippen LogP contribution in [0.2, 0.25) is 0 Å². The van der Waals surface area contributed by atoms with Gasteiger partial charge < -0.3 is 10.2 Å². The molecule has 0 aliphatic carbocycles. The Balaban J connectivity index is 2.10. The molecule has 0 spiro atoms. The average Bonchev–Trinajstić information content (AvgIpc) is 2.61. The van der Waals surface area contributed by atoms with Crippen LogP contribution in [0, 0.1) is 5.82 Å². The molecule has 0 bridgehead atoms. The van der Waals surface area contributed by atoms with Crippen molar-refractivity contribution in [3.05, 3.63) is 59.0 Å². The van der Waals surface area contributed by atoms with Crippen LogP contribution in [-0.2, 0) is 12.7 Å². The molecule has 4 nitrogen and oxygen atoms in total. The standard InChI is InChI=1S/C18H19F4N3O/c1-3-25(4-2)16-8-6-13(11-23-16)17(26)24-10-12-5-7-14(19)9-15(12)18(20,21)22/h5-9,11H,3-4,10H2,1-2H3,(H,24,26). The second kappa shape index (κ2) is 8.16. The highest BCUT2D eigenvalue weighted by Gasteiger charge is 2.33. The Bertz CT molecular complexity index is 756. The van der Waals surface area contributed by atoms with Gasteiger partial charge in [-0.25, -0.2) is 9.37 Å². The lowest BCUT2D eigenvalue weighted by Crippen LogP contribution is -2.26. The summed E-state index contributed by atoms with van der Waals surface area (Å²) in [4.78, 5) is 18.3. The van der Waals surface area contributed by atoms with Crippen molar-refractivity contribution in [3.8, 4) is 0 Å². The molecule has 2 aromatic rings. The normalized spacial score (nSPS) is 11.3. The zero-order chi connectivity index (χ0) is 19.3. The first-order valence-corrected chi connectivity index (χ1v) is 8.11. The minimum absolute atomic E-state index is 0.208. The van der Waals surface area contributed by atoms with E-state index in [-0.39, 0.29) is 17.7 Å². The number of nitrogens with one attached hydrogen (secondary N) is 1. The summed E-state index contributed by atoms with van der Waals surface area (Å²) >= 11 is 0. The lowest BCUT2D eigenvalue weighted by atomic mass is 10.1. The summed E-state index contributed by atoms with van der Waals surface area (Å²) < 4.78 is 52.0. The molecule has 0 aliphatic heterocycles. The maximum absolute atomic E-state index is 13.1. The van der Waals surface area contributed by atoms with Crippen molar-refractivity contribution in [2.75, 3.05) is 18.0 Å². The van der Waals surface area contributed by atoms with Crippen LogP contribution < -0.4 is 10.2 Å². The van der Waals surface area contributed by atoms with Crippen molar-refractivity contribution in [3.63, 3.8) is 0 Å². The van der Waals surface area contributed by atoms with Gasteiger partial charge in [-0.05, 0) is 43.7 Å². The van der Waals surface area contributed by atoms with E-state index in [2.05, 4.69) is 10.3 Å². The SMILES string of the molecule is CCN(CC)c1ccc(C(=O)NCc2ccc(F)cc2C(F)(F)F)cn1. The monoisotopic (exact) mass is 369 g/mol. The van der Waals surface area contributed by atoms with Crippen LogP contribution in [0.4, 0.5) is 23.4 Å². The first kappa shape index (κ1) is 19.7. The zero-order valence-corrected chi connectivity index (χ0v) is 14.4. The molecule has 1 N–H and O–H groups in total. The Morgan fingerprint density at radius 2 is 1.85 bits per heavy atom. The Kier molecular flexibility index (Phi) is 6.18. The van der Waals surface area contributed by atoms with Crippen LogP contribution >= 0.6 is 0 Å². The van der Waals surface area contributed by atoms with Crippen molar-refractivity contribution >= 4 is 11.7 Å². The number of alkyl halides is 3. The number of hydrogen-bond donors (Lipinski definition) is 1. The number of rotatable bonds is 6. The van der Waals surface area contributed by atoms with Crippen LogP contribution in [0.3, 0.4) is 0 Å². The fourth-order valence-electron chi connectivity index (χ4n) is 2.50. The van der Waals surface area contributed by atoms with E-state index in [1.54, 1.807) is 12.1 Å². The van der Waals surface area contributed by atoms with E-state index < -0.39 is 23.5 Å². The van der Waals surface area contributed by atoms with Gasteiger partial charge in [-0.2, -0.15) is 13.2 Å². The van der Waals surface area contributed by atoms with E-state index >= 15 is 0 Å². The number of halogens is 4. The predicted octanol–water partition coefficient (Wildman–Crippen LogP) is 4.02. The Hall–Kier alpha value is -2.64. The summed E-state index contributed by atoms with van der Waals surface area (Å²) in [5.41, 5.74) is -1.08. The number of carbonyl (C=O) groups is 1. The molecule has 140 valence electrons. The number of carbonyl (C=O) groups excluding carboxylic acids is 1. The van der Waals surface area contributed by atoms with Gasteiger partial charge in [-0.3, -0.25) is 4.79 Å². The molecule has 1 aromatic carbocycles. The highest BCUT2D eigenvalue weighted by molar-refractivity contribution is 5.94. The molecule has 0 fully saturated rings. The fourth-order valence-corrected chi connectivity index (χ4v) is 2.50. The van der Waals surface area contributed by atoms with Gasteiger partial charge in [0.2, 0.25) is 0 Å². The second-order valence-electron chi connectivity index (χ2n) is 5.56. The van der Waals surface area contributed by atoms with E-state index in [1.807, 2.05) is 18.7 Å². The van der Waals surface area contributed by atoms with Crippen molar-refractivity contribution in [2.45, 2.75) is 26.6 Å². The zero-order valence-electron chi connectivity index (χ0n) is 14.4. The molecule has 0 radical (unpaired) electrons. The van der Waals surface area contributed by atoms with Crippen LogP contribution in [0.5, 0.6) is 0 Å². The largest absolute Gasteiger partial charge is 0.416 e. The third-order valence-electron chi connectivity index (χ3n) is 3.91. The van der Waals surface area contributed by atoms with Gasteiger partial charge in [-0.1, -0.05) is 6.07 Å². The molecule has 26 heavy (non-hydrogen) atoms. The molecule has 8 heteroatoms. The van der Waals surface area contributed by atoms with Crippen LogP contribution in [0.15, 0.2) is 36.5 Å². The van der Waals surface area contributed by atoms with Gasteiger partial charge in [0.15, 0.2) is 0 Å². The maximum Gasteiger partial charge on any atom is 0.416 e. The molecule has 0 unspecified atom stereocenters. The summed E-state index contributed by atoms with van der Waals surface area (Å²) in [6, 6.07) is 5.60. The second-order valence-corrected chi connectivity index (χ2v) is 5.56. The molecular formula is C18H19F4N3O. The molecule has 0 saturated heterocycles. The first-order chi connectivity index (χ1) is 12.3. The van der Waals surface area contributed by atoms with Crippen LogP contribution in [0.25, 0.3) is 0 Å². The molecule has 1 heterocycles. The summed E-state index contributed by atoms with van der Waals surface area (Å²) in [6.07, 6.45) is -3.33. The Morgan fingerprint density at radius 1 is 1.15 bits per heavy atom. The predicted molar refractivity (Wildman–Crippen MR) is 90.4 cm³/mol. The Morgan fingerprint density at radius 3 is 2.38 bits per heavy atom. The fraction of sp³-hybridized carbons (Fsp3) is 0.333. The van der Waals surface area contributed by atoms with Gasteiger partial charge in [0, 0.05) is 25.8 Å². The number of anilines is 1. The van der Waals surface area contributed by atoms with Gasteiger partial charge in [-0.15, -0.1) is 0 Å². The molecule has 2 rings (SSSR count). The third-order valence-corrected chi connectivity index (χ3v) is 3.91. The summed E-state index contributed by atoms with van der Waals surface area (Å²) in [5, 5.41) is 2.41. The van der Waals surface area contributed by atoms with E-state index in [9.17, 15) is 22.4 Å². The minimum atomic E-state index is -4.70. The lowest BCUT2D eigenvalue weighted by Gasteiger charge is -2.19. The molecule has 0 atom stereocenters. The third kappa shape index (κ3) is 4.71. The highest BCUT2D eigenvalue weighted by Crippen LogP contribution is 2.32.